The Balaban J connectivity index is 2.11. The second-order valence-corrected chi connectivity index (χ2v) is 6.20. The third-order valence-electron chi connectivity index (χ3n) is 4.18. The molecule has 0 radical (unpaired) electrons. The lowest BCUT2D eigenvalue weighted by atomic mass is 9.60. The van der Waals surface area contributed by atoms with E-state index in [0.29, 0.717) is 18.4 Å². The number of hydrogen-bond acceptors (Lipinski definition) is 2. The van der Waals surface area contributed by atoms with Crippen molar-refractivity contribution >= 4 is 15.9 Å². The van der Waals surface area contributed by atoms with E-state index in [1.54, 1.807) is 25.2 Å². The standard InChI is InChI=1S/C14H14BrF2N3/c1-20-9-18-19-12(20)14(16,17)13(6-3-7-13)10-4-2-5-11(15)8-10/h2,4-5,8-9H,3,6-7H2,1H3. The van der Waals surface area contributed by atoms with Gasteiger partial charge in [-0.15, -0.1) is 10.2 Å². The van der Waals surface area contributed by atoms with Crippen molar-refractivity contribution in [2.45, 2.75) is 30.6 Å². The van der Waals surface area contributed by atoms with E-state index < -0.39 is 11.3 Å². The topological polar surface area (TPSA) is 30.7 Å². The molecule has 1 aliphatic rings. The number of benzene rings is 1. The van der Waals surface area contributed by atoms with E-state index in [0.717, 1.165) is 10.9 Å². The first kappa shape index (κ1) is 13.7. The van der Waals surface area contributed by atoms with Gasteiger partial charge in [0.15, 0.2) is 0 Å². The largest absolute Gasteiger partial charge is 0.316 e. The quantitative estimate of drug-likeness (QED) is 0.850. The molecule has 0 spiro atoms. The molecule has 2 aromatic rings. The fraction of sp³-hybridized carbons (Fsp3) is 0.429. The summed E-state index contributed by atoms with van der Waals surface area (Å²) in [6.07, 6.45) is 3.04. The first-order chi connectivity index (χ1) is 9.47. The molecule has 0 amide bonds. The molecule has 3 nitrogen and oxygen atoms in total. The van der Waals surface area contributed by atoms with Gasteiger partial charge in [0.25, 0.3) is 0 Å². The minimum Gasteiger partial charge on any atom is -0.316 e. The fourth-order valence-corrected chi connectivity index (χ4v) is 3.28. The number of aryl methyl sites for hydroxylation is 1. The minimum absolute atomic E-state index is 0.267. The molecule has 6 heteroatoms. The zero-order chi connectivity index (χ0) is 14.4. The van der Waals surface area contributed by atoms with Gasteiger partial charge in [-0.1, -0.05) is 34.5 Å². The van der Waals surface area contributed by atoms with E-state index in [1.807, 2.05) is 6.07 Å². The van der Waals surface area contributed by atoms with Crippen LogP contribution in [0.3, 0.4) is 0 Å². The van der Waals surface area contributed by atoms with Gasteiger partial charge in [-0.05, 0) is 30.5 Å². The molecule has 3 rings (SSSR count). The summed E-state index contributed by atoms with van der Waals surface area (Å²) in [5, 5.41) is 7.23. The zero-order valence-electron chi connectivity index (χ0n) is 11.0. The first-order valence-electron chi connectivity index (χ1n) is 6.46. The van der Waals surface area contributed by atoms with Gasteiger partial charge in [0.2, 0.25) is 5.82 Å². The normalized spacial score (nSPS) is 17.8. The number of hydrogen-bond donors (Lipinski definition) is 0. The lowest BCUT2D eigenvalue weighted by molar-refractivity contribution is -0.129. The molecule has 1 aromatic heterocycles. The number of rotatable bonds is 3. The van der Waals surface area contributed by atoms with Gasteiger partial charge in [0.05, 0.1) is 5.41 Å². The predicted octanol–water partition coefficient (Wildman–Crippen LogP) is 3.79. The SMILES string of the molecule is Cn1cnnc1C(F)(F)C1(c2cccc(Br)c2)CCC1. The molecule has 106 valence electrons. The van der Waals surface area contributed by atoms with Gasteiger partial charge < -0.3 is 4.57 Å². The van der Waals surface area contributed by atoms with E-state index in [1.165, 1.54) is 10.9 Å². The summed E-state index contributed by atoms with van der Waals surface area (Å²) in [7, 11) is 1.55. The molecule has 0 aliphatic heterocycles. The minimum atomic E-state index is -3.03. The molecular formula is C14H14BrF2N3. The third-order valence-corrected chi connectivity index (χ3v) is 4.67. The smallest absolute Gasteiger partial charge is 0.316 e. The Morgan fingerprint density at radius 1 is 1.35 bits per heavy atom. The molecule has 1 heterocycles. The Morgan fingerprint density at radius 3 is 2.60 bits per heavy atom. The molecule has 1 saturated carbocycles. The van der Waals surface area contributed by atoms with Crippen LogP contribution in [0.4, 0.5) is 8.78 Å². The zero-order valence-corrected chi connectivity index (χ0v) is 12.6. The lowest BCUT2D eigenvalue weighted by Gasteiger charge is -2.47. The van der Waals surface area contributed by atoms with Crippen molar-refractivity contribution in [3.63, 3.8) is 0 Å². The fourth-order valence-electron chi connectivity index (χ4n) is 2.88. The van der Waals surface area contributed by atoms with E-state index in [-0.39, 0.29) is 5.82 Å². The van der Waals surface area contributed by atoms with E-state index >= 15 is 8.78 Å². The van der Waals surface area contributed by atoms with Crippen molar-refractivity contribution in [3.8, 4) is 0 Å². The van der Waals surface area contributed by atoms with Gasteiger partial charge in [-0.3, -0.25) is 0 Å². The van der Waals surface area contributed by atoms with Gasteiger partial charge >= 0.3 is 5.92 Å². The summed E-state index contributed by atoms with van der Waals surface area (Å²) in [6, 6.07) is 7.19. The van der Waals surface area contributed by atoms with Crippen molar-refractivity contribution < 1.29 is 8.78 Å². The van der Waals surface area contributed by atoms with Gasteiger partial charge in [-0.25, -0.2) is 0 Å². The third kappa shape index (κ3) is 1.81. The Bertz CT molecular complexity index is 635. The van der Waals surface area contributed by atoms with Crippen LogP contribution in [0.1, 0.15) is 30.7 Å². The number of nitrogens with zero attached hydrogens (tertiary/aromatic N) is 3. The Morgan fingerprint density at radius 2 is 2.10 bits per heavy atom. The summed E-state index contributed by atoms with van der Waals surface area (Å²) in [6.45, 7) is 0. The van der Waals surface area contributed by atoms with Gasteiger partial charge in [-0.2, -0.15) is 8.78 Å². The van der Waals surface area contributed by atoms with Crippen LogP contribution in [-0.2, 0) is 18.4 Å². The highest BCUT2D eigenvalue weighted by atomic mass is 79.9. The average Bonchev–Trinajstić information content (AvgIpc) is 2.74. The van der Waals surface area contributed by atoms with Crippen LogP contribution in [0.5, 0.6) is 0 Å². The molecule has 0 saturated heterocycles. The molecule has 0 bridgehead atoms. The highest BCUT2D eigenvalue weighted by Gasteiger charge is 2.61. The molecule has 1 aliphatic carbocycles. The van der Waals surface area contributed by atoms with E-state index in [9.17, 15) is 0 Å². The summed E-state index contributed by atoms with van der Waals surface area (Å²) in [4.78, 5) is 0. The molecule has 1 aromatic carbocycles. The van der Waals surface area contributed by atoms with Gasteiger partial charge in [0, 0.05) is 11.5 Å². The van der Waals surface area contributed by atoms with Crippen LogP contribution >= 0.6 is 15.9 Å². The molecule has 0 unspecified atom stereocenters. The van der Waals surface area contributed by atoms with E-state index in [2.05, 4.69) is 26.1 Å². The first-order valence-corrected chi connectivity index (χ1v) is 7.25. The summed E-state index contributed by atoms with van der Waals surface area (Å²) in [5.74, 6) is -3.30. The van der Waals surface area contributed by atoms with Crippen LogP contribution in [0.2, 0.25) is 0 Å². The van der Waals surface area contributed by atoms with Crippen molar-refractivity contribution in [2.75, 3.05) is 0 Å². The van der Waals surface area contributed by atoms with Crippen LogP contribution in [0, 0.1) is 0 Å². The van der Waals surface area contributed by atoms with Crippen LogP contribution in [0.15, 0.2) is 35.1 Å². The highest BCUT2D eigenvalue weighted by Crippen LogP contribution is 2.58. The maximum absolute atomic E-state index is 15.0. The van der Waals surface area contributed by atoms with Crippen molar-refractivity contribution in [3.05, 3.63) is 46.5 Å². The summed E-state index contributed by atoms with van der Waals surface area (Å²) < 4.78 is 32.2. The number of halogens is 3. The summed E-state index contributed by atoms with van der Waals surface area (Å²) in [5.41, 5.74) is -0.511. The van der Waals surface area contributed by atoms with Gasteiger partial charge in [0.1, 0.15) is 6.33 Å². The molecule has 0 N–H and O–H groups in total. The second kappa shape index (κ2) is 4.62. The Hall–Kier alpha value is -1.30. The molecule has 20 heavy (non-hydrogen) atoms. The van der Waals surface area contributed by atoms with Crippen LogP contribution < -0.4 is 0 Å². The Labute approximate surface area is 124 Å². The highest BCUT2D eigenvalue weighted by molar-refractivity contribution is 9.10. The predicted molar refractivity (Wildman–Crippen MR) is 74.6 cm³/mol. The molecule has 0 atom stereocenters. The van der Waals surface area contributed by atoms with Crippen molar-refractivity contribution in [1.82, 2.24) is 14.8 Å². The lowest BCUT2D eigenvalue weighted by Crippen LogP contribution is -2.49. The number of aromatic nitrogens is 3. The maximum Gasteiger partial charge on any atom is 0.316 e. The van der Waals surface area contributed by atoms with E-state index in [4.69, 9.17) is 0 Å². The second-order valence-electron chi connectivity index (χ2n) is 5.29. The number of alkyl halides is 2. The Kier molecular flexibility index (Phi) is 3.16. The summed E-state index contributed by atoms with van der Waals surface area (Å²) >= 11 is 3.36. The maximum atomic E-state index is 15.0. The van der Waals surface area contributed by atoms with Crippen LogP contribution in [0.25, 0.3) is 0 Å². The molecule has 1 fully saturated rings. The van der Waals surface area contributed by atoms with Crippen molar-refractivity contribution in [2.24, 2.45) is 7.05 Å². The monoisotopic (exact) mass is 341 g/mol. The molecular weight excluding hydrogens is 328 g/mol. The van der Waals surface area contributed by atoms with Crippen LogP contribution in [-0.4, -0.2) is 14.8 Å². The van der Waals surface area contributed by atoms with Crippen molar-refractivity contribution in [1.29, 1.82) is 0 Å². The average molecular weight is 342 g/mol.